The lowest BCUT2D eigenvalue weighted by Gasteiger charge is -1.99. The molecule has 0 amide bonds. The Morgan fingerprint density at radius 3 is 2.94 bits per heavy atom. The Labute approximate surface area is 108 Å². The Morgan fingerprint density at radius 1 is 1.35 bits per heavy atom. The molecule has 0 bridgehead atoms. The van der Waals surface area contributed by atoms with Crippen molar-refractivity contribution in [1.82, 2.24) is 20.5 Å². The van der Waals surface area contributed by atoms with Gasteiger partial charge in [-0.25, -0.2) is 4.98 Å². The van der Waals surface area contributed by atoms with E-state index < -0.39 is 0 Å². The van der Waals surface area contributed by atoms with Gasteiger partial charge in [0.15, 0.2) is 5.01 Å². The van der Waals surface area contributed by atoms with Crippen LogP contribution >= 0.6 is 22.7 Å². The minimum atomic E-state index is 0.708. The lowest BCUT2D eigenvalue weighted by Crippen LogP contribution is -2.18. The van der Waals surface area contributed by atoms with Crippen LogP contribution in [0.1, 0.15) is 10.0 Å². The van der Waals surface area contributed by atoms with Crippen molar-refractivity contribution < 1.29 is 4.74 Å². The molecule has 2 aromatic rings. The lowest BCUT2D eigenvalue weighted by molar-refractivity contribution is 0.199. The van der Waals surface area contributed by atoms with Gasteiger partial charge in [-0.15, -0.1) is 21.5 Å². The first-order valence-corrected chi connectivity index (χ1v) is 6.87. The summed E-state index contributed by atoms with van der Waals surface area (Å²) in [5, 5.41) is 14.5. The van der Waals surface area contributed by atoms with Gasteiger partial charge < -0.3 is 10.1 Å². The maximum absolute atomic E-state index is 4.96. The summed E-state index contributed by atoms with van der Waals surface area (Å²) < 4.78 is 4.96. The van der Waals surface area contributed by atoms with Crippen molar-refractivity contribution in [3.8, 4) is 9.88 Å². The molecule has 92 valence electrons. The van der Waals surface area contributed by atoms with E-state index in [0.717, 1.165) is 33.0 Å². The molecule has 0 unspecified atom stereocenters. The highest BCUT2D eigenvalue weighted by Crippen LogP contribution is 2.28. The molecule has 0 aromatic carbocycles. The van der Waals surface area contributed by atoms with E-state index in [-0.39, 0.29) is 0 Å². The van der Waals surface area contributed by atoms with E-state index in [2.05, 4.69) is 20.5 Å². The van der Waals surface area contributed by atoms with E-state index in [9.17, 15) is 0 Å². The second-order valence-corrected chi connectivity index (χ2v) is 5.71. The molecule has 0 radical (unpaired) electrons. The largest absolute Gasteiger partial charge is 0.383 e. The SMILES string of the molecule is COCCNCc1nnc(-c2cnc(C)s2)s1. The normalized spacial score (nSPS) is 10.9. The van der Waals surface area contributed by atoms with Gasteiger partial charge in [-0.2, -0.15) is 0 Å². The number of thiazole rings is 1. The summed E-state index contributed by atoms with van der Waals surface area (Å²) in [5.74, 6) is 0. The topological polar surface area (TPSA) is 59.9 Å². The number of hydrogen-bond acceptors (Lipinski definition) is 7. The third-order valence-electron chi connectivity index (χ3n) is 2.06. The van der Waals surface area contributed by atoms with Crippen molar-refractivity contribution in [3.05, 3.63) is 16.2 Å². The Hall–Kier alpha value is -0.890. The zero-order valence-electron chi connectivity index (χ0n) is 9.77. The van der Waals surface area contributed by atoms with E-state index in [1.807, 2.05) is 13.1 Å². The molecule has 0 fully saturated rings. The number of hydrogen-bond donors (Lipinski definition) is 1. The van der Waals surface area contributed by atoms with Crippen LogP contribution in [-0.4, -0.2) is 35.4 Å². The number of nitrogens with zero attached hydrogens (tertiary/aromatic N) is 3. The lowest BCUT2D eigenvalue weighted by atomic mass is 10.6. The molecule has 7 heteroatoms. The van der Waals surface area contributed by atoms with Crippen molar-refractivity contribution >= 4 is 22.7 Å². The number of methoxy groups -OCH3 is 1. The van der Waals surface area contributed by atoms with Gasteiger partial charge in [-0.05, 0) is 6.92 Å². The van der Waals surface area contributed by atoms with E-state index in [0.29, 0.717) is 6.61 Å². The highest BCUT2D eigenvalue weighted by atomic mass is 32.1. The molecular formula is C10H14N4OS2. The van der Waals surface area contributed by atoms with Crippen LogP contribution < -0.4 is 5.32 Å². The first-order valence-electron chi connectivity index (χ1n) is 5.24. The number of rotatable bonds is 6. The predicted molar refractivity (Wildman–Crippen MR) is 69.3 cm³/mol. The molecule has 0 spiro atoms. The monoisotopic (exact) mass is 270 g/mol. The van der Waals surface area contributed by atoms with Crippen molar-refractivity contribution in [2.24, 2.45) is 0 Å². The fraction of sp³-hybridized carbons (Fsp3) is 0.500. The Balaban J connectivity index is 1.92. The van der Waals surface area contributed by atoms with E-state index in [1.165, 1.54) is 0 Å². The molecule has 0 aliphatic rings. The summed E-state index contributed by atoms with van der Waals surface area (Å²) in [7, 11) is 1.69. The standard InChI is InChI=1S/C10H14N4OS2/c1-7-12-5-8(16-7)10-14-13-9(17-10)6-11-3-4-15-2/h5,11H,3-4,6H2,1-2H3. The van der Waals surface area contributed by atoms with Crippen LogP contribution in [0.15, 0.2) is 6.20 Å². The number of ether oxygens (including phenoxy) is 1. The maximum atomic E-state index is 4.96. The summed E-state index contributed by atoms with van der Waals surface area (Å²) in [5.41, 5.74) is 0. The molecular weight excluding hydrogens is 256 g/mol. The number of aryl methyl sites for hydroxylation is 1. The van der Waals surface area contributed by atoms with Gasteiger partial charge >= 0.3 is 0 Å². The predicted octanol–water partition coefficient (Wildman–Crippen LogP) is 1.71. The Bertz CT molecular complexity index is 468. The van der Waals surface area contributed by atoms with Gasteiger partial charge in [0, 0.05) is 26.4 Å². The van der Waals surface area contributed by atoms with E-state index in [4.69, 9.17) is 4.74 Å². The summed E-state index contributed by atoms with van der Waals surface area (Å²) >= 11 is 3.24. The van der Waals surface area contributed by atoms with Gasteiger partial charge in [0.25, 0.3) is 0 Å². The van der Waals surface area contributed by atoms with Crippen LogP contribution in [0.3, 0.4) is 0 Å². The van der Waals surface area contributed by atoms with Gasteiger partial charge in [0.2, 0.25) is 0 Å². The zero-order valence-corrected chi connectivity index (χ0v) is 11.4. The number of aromatic nitrogens is 3. The van der Waals surface area contributed by atoms with Gasteiger partial charge in [0.05, 0.1) is 16.5 Å². The van der Waals surface area contributed by atoms with Crippen molar-refractivity contribution in [2.45, 2.75) is 13.5 Å². The van der Waals surface area contributed by atoms with Crippen LogP contribution in [-0.2, 0) is 11.3 Å². The molecule has 0 atom stereocenters. The van der Waals surface area contributed by atoms with Crippen molar-refractivity contribution in [2.75, 3.05) is 20.3 Å². The van der Waals surface area contributed by atoms with Crippen LogP contribution in [0, 0.1) is 6.92 Å². The molecule has 2 heterocycles. The second-order valence-electron chi connectivity index (χ2n) is 3.41. The van der Waals surface area contributed by atoms with Gasteiger partial charge in [0.1, 0.15) is 5.01 Å². The number of nitrogens with one attached hydrogen (secondary N) is 1. The molecule has 2 rings (SSSR count). The quantitative estimate of drug-likeness (QED) is 0.810. The molecule has 1 N–H and O–H groups in total. The third kappa shape index (κ3) is 3.53. The van der Waals surface area contributed by atoms with Gasteiger partial charge in [-0.1, -0.05) is 11.3 Å². The summed E-state index contributed by atoms with van der Waals surface area (Å²) in [6.07, 6.45) is 1.85. The smallest absolute Gasteiger partial charge is 0.159 e. The molecule has 0 aliphatic heterocycles. The first kappa shape index (κ1) is 12.6. The van der Waals surface area contributed by atoms with Crippen molar-refractivity contribution in [3.63, 3.8) is 0 Å². The fourth-order valence-electron chi connectivity index (χ4n) is 1.25. The van der Waals surface area contributed by atoms with Crippen LogP contribution in [0.2, 0.25) is 0 Å². The summed E-state index contributed by atoms with van der Waals surface area (Å²) in [6.45, 7) is 4.26. The fourth-order valence-corrected chi connectivity index (χ4v) is 2.88. The first-order chi connectivity index (χ1) is 8.29. The van der Waals surface area contributed by atoms with Crippen LogP contribution in [0.4, 0.5) is 0 Å². The molecule has 0 saturated carbocycles. The zero-order chi connectivity index (χ0) is 12.1. The molecule has 0 saturated heterocycles. The van der Waals surface area contributed by atoms with Gasteiger partial charge in [-0.3, -0.25) is 0 Å². The Morgan fingerprint density at radius 2 is 2.24 bits per heavy atom. The van der Waals surface area contributed by atoms with E-state index in [1.54, 1.807) is 29.8 Å². The average molecular weight is 270 g/mol. The molecule has 17 heavy (non-hydrogen) atoms. The second kappa shape index (κ2) is 6.15. The minimum absolute atomic E-state index is 0.708. The molecule has 0 aliphatic carbocycles. The summed E-state index contributed by atoms with van der Waals surface area (Å²) in [6, 6.07) is 0. The highest BCUT2D eigenvalue weighted by Gasteiger charge is 2.08. The minimum Gasteiger partial charge on any atom is -0.383 e. The van der Waals surface area contributed by atoms with E-state index >= 15 is 0 Å². The molecule has 2 aromatic heterocycles. The van der Waals surface area contributed by atoms with Crippen molar-refractivity contribution in [1.29, 1.82) is 0 Å². The maximum Gasteiger partial charge on any atom is 0.159 e. The van der Waals surface area contributed by atoms with Crippen LogP contribution in [0.5, 0.6) is 0 Å². The van der Waals surface area contributed by atoms with Crippen LogP contribution in [0.25, 0.3) is 9.88 Å². The molecule has 5 nitrogen and oxygen atoms in total. The third-order valence-corrected chi connectivity index (χ3v) is 4.06. The summed E-state index contributed by atoms with van der Waals surface area (Å²) in [4.78, 5) is 5.30. The average Bonchev–Trinajstić information content (AvgIpc) is 2.93. The Kier molecular flexibility index (Phi) is 4.55. The highest BCUT2D eigenvalue weighted by molar-refractivity contribution is 7.21.